The molecule has 3 N–H and O–H groups in total. The van der Waals surface area contributed by atoms with E-state index in [9.17, 15) is 9.18 Å². The first-order valence-electron chi connectivity index (χ1n) is 5.72. The summed E-state index contributed by atoms with van der Waals surface area (Å²) >= 11 is 5.69. The van der Waals surface area contributed by atoms with Crippen molar-refractivity contribution in [1.29, 1.82) is 0 Å². The minimum atomic E-state index is -0.561. The van der Waals surface area contributed by atoms with Crippen LogP contribution in [0.4, 0.5) is 21.5 Å². The van der Waals surface area contributed by atoms with Crippen molar-refractivity contribution in [1.82, 2.24) is 0 Å². The van der Waals surface area contributed by atoms with Crippen molar-refractivity contribution in [2.24, 2.45) is 0 Å². The maximum atomic E-state index is 13.8. The molecule has 0 aliphatic carbocycles. The number of carbonyl (C=O) groups is 1. The molecule has 4 nitrogen and oxygen atoms in total. The molecular weight excluding hydrogens is 283 g/mol. The van der Waals surface area contributed by atoms with Gasteiger partial charge in [-0.05, 0) is 30.3 Å². The van der Waals surface area contributed by atoms with Crippen LogP contribution in [0.2, 0.25) is 5.02 Å². The number of halogens is 2. The van der Waals surface area contributed by atoms with Crippen LogP contribution in [0.3, 0.4) is 0 Å². The van der Waals surface area contributed by atoms with Crippen LogP contribution in [-0.4, -0.2) is 13.1 Å². The first kappa shape index (κ1) is 14.1. The zero-order valence-electron chi connectivity index (χ0n) is 10.6. The predicted molar refractivity (Wildman–Crippen MR) is 76.9 cm³/mol. The molecule has 0 atom stereocenters. The number of hydrogen-bond donors (Lipinski definition) is 2. The van der Waals surface area contributed by atoms with Crippen molar-refractivity contribution in [2.45, 2.75) is 0 Å². The summed E-state index contributed by atoms with van der Waals surface area (Å²) < 4.78 is 18.4. The monoisotopic (exact) mass is 294 g/mol. The van der Waals surface area contributed by atoms with Crippen molar-refractivity contribution in [3.05, 3.63) is 52.8 Å². The smallest absolute Gasteiger partial charge is 0.340 e. The molecule has 0 aliphatic rings. The van der Waals surface area contributed by atoms with E-state index in [4.69, 9.17) is 17.3 Å². The number of nitrogens with two attached hydrogens (primary N) is 1. The fraction of sp³-hybridized carbons (Fsp3) is 0.0714. The number of rotatable bonds is 3. The van der Waals surface area contributed by atoms with E-state index < -0.39 is 11.8 Å². The second-order valence-electron chi connectivity index (χ2n) is 4.01. The van der Waals surface area contributed by atoms with Crippen LogP contribution in [0.25, 0.3) is 0 Å². The first-order valence-corrected chi connectivity index (χ1v) is 6.09. The summed E-state index contributed by atoms with van der Waals surface area (Å²) in [7, 11) is 1.26. The number of methoxy groups -OCH3 is 1. The van der Waals surface area contributed by atoms with Gasteiger partial charge < -0.3 is 15.8 Å². The number of anilines is 3. The lowest BCUT2D eigenvalue weighted by atomic mass is 10.1. The molecule has 0 saturated carbocycles. The van der Waals surface area contributed by atoms with Gasteiger partial charge in [-0.25, -0.2) is 9.18 Å². The summed E-state index contributed by atoms with van der Waals surface area (Å²) in [6, 6.07) is 8.92. The van der Waals surface area contributed by atoms with Gasteiger partial charge >= 0.3 is 5.97 Å². The van der Waals surface area contributed by atoms with Crippen molar-refractivity contribution in [3.63, 3.8) is 0 Å². The number of para-hydroxylation sites is 1. The molecule has 0 radical (unpaired) electrons. The lowest BCUT2D eigenvalue weighted by Crippen LogP contribution is -2.08. The average Bonchev–Trinajstić information content (AvgIpc) is 2.42. The lowest BCUT2D eigenvalue weighted by Gasteiger charge is -2.14. The summed E-state index contributed by atoms with van der Waals surface area (Å²) in [4.78, 5) is 11.7. The highest BCUT2D eigenvalue weighted by Crippen LogP contribution is 2.30. The molecule has 0 aliphatic heterocycles. The summed E-state index contributed by atoms with van der Waals surface area (Å²) in [6.07, 6.45) is 0. The molecule has 6 heteroatoms. The number of nitrogen functional groups attached to an aromatic ring is 1. The molecule has 0 bridgehead atoms. The zero-order valence-corrected chi connectivity index (χ0v) is 11.4. The highest BCUT2D eigenvalue weighted by atomic mass is 35.5. The van der Waals surface area contributed by atoms with Gasteiger partial charge in [0.25, 0.3) is 0 Å². The van der Waals surface area contributed by atoms with Gasteiger partial charge in [-0.3, -0.25) is 0 Å². The first-order chi connectivity index (χ1) is 9.52. The Balaban J connectivity index is 2.45. The molecule has 20 heavy (non-hydrogen) atoms. The molecular formula is C14H12ClFN2O2. The van der Waals surface area contributed by atoms with Gasteiger partial charge in [-0.2, -0.15) is 0 Å². The quantitative estimate of drug-likeness (QED) is 0.671. The zero-order chi connectivity index (χ0) is 14.7. The van der Waals surface area contributed by atoms with E-state index in [1.165, 1.54) is 25.3 Å². The third-order valence-corrected chi connectivity index (χ3v) is 2.93. The lowest BCUT2D eigenvalue weighted by molar-refractivity contribution is 0.0602. The van der Waals surface area contributed by atoms with E-state index in [0.717, 1.165) is 0 Å². The summed E-state index contributed by atoms with van der Waals surface area (Å²) in [5.74, 6) is -1.11. The molecule has 0 spiro atoms. The van der Waals surface area contributed by atoms with Crippen LogP contribution < -0.4 is 11.1 Å². The minimum absolute atomic E-state index is 0.164. The second kappa shape index (κ2) is 5.79. The van der Waals surface area contributed by atoms with Crippen LogP contribution in [0.15, 0.2) is 36.4 Å². The number of carbonyl (C=O) groups excluding carboxylic acids is 1. The van der Waals surface area contributed by atoms with E-state index >= 15 is 0 Å². The number of ether oxygens (including phenoxy) is 1. The van der Waals surface area contributed by atoms with Gasteiger partial charge in [0.05, 0.1) is 29.7 Å². The minimum Gasteiger partial charge on any atom is -0.465 e. The topological polar surface area (TPSA) is 64.3 Å². The van der Waals surface area contributed by atoms with Crippen LogP contribution in [0.5, 0.6) is 0 Å². The van der Waals surface area contributed by atoms with Crippen molar-refractivity contribution < 1.29 is 13.9 Å². The second-order valence-corrected chi connectivity index (χ2v) is 4.45. The number of benzene rings is 2. The Kier molecular flexibility index (Phi) is 4.10. The molecule has 0 amide bonds. The van der Waals surface area contributed by atoms with Crippen molar-refractivity contribution in [2.75, 3.05) is 18.2 Å². The Morgan fingerprint density at radius 1 is 1.35 bits per heavy atom. The fourth-order valence-corrected chi connectivity index (χ4v) is 1.87. The molecule has 0 fully saturated rings. The Hall–Kier alpha value is -2.27. The van der Waals surface area contributed by atoms with Gasteiger partial charge in [-0.1, -0.05) is 17.7 Å². The predicted octanol–water partition coefficient (Wildman–Crippen LogP) is 3.59. The fourth-order valence-electron chi connectivity index (χ4n) is 1.72. The SMILES string of the molecule is COC(=O)c1cccc(N)c1Nc1ccc(Cl)cc1F. The van der Waals surface area contributed by atoms with E-state index in [0.29, 0.717) is 11.4 Å². The molecule has 104 valence electrons. The molecule has 0 aromatic heterocycles. The maximum absolute atomic E-state index is 13.8. The average molecular weight is 295 g/mol. The van der Waals surface area contributed by atoms with Gasteiger partial charge in [-0.15, -0.1) is 0 Å². The number of nitrogens with one attached hydrogen (secondary N) is 1. The molecule has 2 aromatic carbocycles. The maximum Gasteiger partial charge on any atom is 0.340 e. The molecule has 0 heterocycles. The number of esters is 1. The van der Waals surface area contributed by atoms with Crippen LogP contribution >= 0.6 is 11.6 Å². The van der Waals surface area contributed by atoms with Gasteiger partial charge in [0.15, 0.2) is 0 Å². The normalized spacial score (nSPS) is 10.2. The van der Waals surface area contributed by atoms with Gasteiger partial charge in [0, 0.05) is 5.02 Å². The molecule has 0 unspecified atom stereocenters. The van der Waals surface area contributed by atoms with Crippen molar-refractivity contribution >= 4 is 34.6 Å². The molecule has 0 saturated heterocycles. The van der Waals surface area contributed by atoms with Crippen LogP contribution in [0, 0.1) is 5.82 Å². The third kappa shape index (κ3) is 2.83. The van der Waals surface area contributed by atoms with E-state index in [1.54, 1.807) is 18.2 Å². The Labute approximate surface area is 120 Å². The van der Waals surface area contributed by atoms with Crippen LogP contribution in [-0.2, 0) is 4.74 Å². The Morgan fingerprint density at radius 2 is 2.10 bits per heavy atom. The number of hydrogen-bond acceptors (Lipinski definition) is 4. The van der Waals surface area contributed by atoms with Gasteiger partial charge in [0.2, 0.25) is 0 Å². The third-order valence-electron chi connectivity index (χ3n) is 2.69. The van der Waals surface area contributed by atoms with Gasteiger partial charge in [0.1, 0.15) is 5.82 Å². The summed E-state index contributed by atoms with van der Waals surface area (Å²) in [5, 5.41) is 3.07. The van der Waals surface area contributed by atoms with Crippen molar-refractivity contribution in [3.8, 4) is 0 Å². The highest BCUT2D eigenvalue weighted by Gasteiger charge is 2.15. The van der Waals surface area contributed by atoms with Crippen LogP contribution in [0.1, 0.15) is 10.4 Å². The standard InChI is InChI=1S/C14H12ClFN2O2/c1-20-14(19)9-3-2-4-11(17)13(9)18-12-6-5-8(15)7-10(12)16/h2-7,18H,17H2,1H3. The Bertz CT molecular complexity index is 662. The summed E-state index contributed by atoms with van der Waals surface area (Å²) in [5.41, 5.74) is 6.81. The highest BCUT2D eigenvalue weighted by molar-refractivity contribution is 6.30. The van der Waals surface area contributed by atoms with E-state index in [-0.39, 0.29) is 16.3 Å². The summed E-state index contributed by atoms with van der Waals surface area (Å²) in [6.45, 7) is 0. The van der Waals surface area contributed by atoms with E-state index in [2.05, 4.69) is 10.1 Å². The van der Waals surface area contributed by atoms with E-state index in [1.807, 2.05) is 0 Å². The molecule has 2 aromatic rings. The largest absolute Gasteiger partial charge is 0.465 e. The molecule has 2 rings (SSSR count). The Morgan fingerprint density at radius 3 is 2.75 bits per heavy atom.